The minimum absolute atomic E-state index is 0.174. The lowest BCUT2D eigenvalue weighted by molar-refractivity contribution is -0.135. The maximum atomic E-state index is 12.2. The smallest absolute Gasteiger partial charge is 0.241 e. The molecule has 0 aromatic heterocycles. The van der Waals surface area contributed by atoms with Gasteiger partial charge in [-0.1, -0.05) is 37.3 Å². The summed E-state index contributed by atoms with van der Waals surface area (Å²) < 4.78 is 0. The Kier molecular flexibility index (Phi) is 3.87. The van der Waals surface area contributed by atoms with Crippen LogP contribution < -0.4 is 5.32 Å². The van der Waals surface area contributed by atoms with E-state index >= 15 is 0 Å². The first-order valence-corrected chi connectivity index (χ1v) is 6.49. The largest absolute Gasteiger partial charge is 0.394 e. The normalized spacial score (nSPS) is 26.9. The maximum absolute atomic E-state index is 12.2. The minimum Gasteiger partial charge on any atom is -0.394 e. The second-order valence-corrected chi connectivity index (χ2v) is 5.33. The molecule has 0 spiro atoms. The summed E-state index contributed by atoms with van der Waals surface area (Å²) >= 11 is 0. The van der Waals surface area contributed by atoms with E-state index in [0.29, 0.717) is 18.8 Å². The highest BCUT2D eigenvalue weighted by Crippen LogP contribution is 2.45. The standard InChI is InChI=1S/C15H18N2O2/c1-11-7-15(8-11,10-16)14(19)17-13(9-18)12-5-3-2-4-6-12/h2-6,11,13,18H,7-9H2,1H3,(H,17,19). The van der Waals surface area contributed by atoms with Crippen LogP contribution in [-0.2, 0) is 4.79 Å². The fourth-order valence-electron chi connectivity index (χ4n) is 2.67. The van der Waals surface area contributed by atoms with Crippen molar-refractivity contribution in [2.45, 2.75) is 25.8 Å². The van der Waals surface area contributed by atoms with E-state index in [1.54, 1.807) is 0 Å². The topological polar surface area (TPSA) is 73.1 Å². The zero-order chi connectivity index (χ0) is 13.9. The highest BCUT2D eigenvalue weighted by atomic mass is 16.3. The number of aliphatic hydroxyl groups excluding tert-OH is 1. The molecule has 0 radical (unpaired) electrons. The number of aliphatic hydroxyl groups is 1. The van der Waals surface area contributed by atoms with Gasteiger partial charge in [0.15, 0.2) is 0 Å². The minimum atomic E-state index is -0.901. The van der Waals surface area contributed by atoms with Crippen LogP contribution in [0.3, 0.4) is 0 Å². The van der Waals surface area contributed by atoms with Gasteiger partial charge in [-0.05, 0) is 24.3 Å². The summed E-state index contributed by atoms with van der Waals surface area (Å²) in [7, 11) is 0. The molecule has 0 heterocycles. The Morgan fingerprint density at radius 2 is 2.16 bits per heavy atom. The van der Waals surface area contributed by atoms with E-state index in [9.17, 15) is 15.2 Å². The van der Waals surface area contributed by atoms with Crippen molar-refractivity contribution in [3.8, 4) is 6.07 Å². The summed E-state index contributed by atoms with van der Waals surface area (Å²) in [6.07, 6.45) is 1.20. The van der Waals surface area contributed by atoms with Crippen LogP contribution >= 0.6 is 0 Å². The first kappa shape index (κ1) is 13.6. The van der Waals surface area contributed by atoms with Crippen molar-refractivity contribution >= 4 is 5.91 Å². The number of hydrogen-bond acceptors (Lipinski definition) is 3. The average molecular weight is 258 g/mol. The molecule has 0 saturated heterocycles. The summed E-state index contributed by atoms with van der Waals surface area (Å²) in [5.41, 5.74) is -0.0551. The van der Waals surface area contributed by atoms with E-state index in [4.69, 9.17) is 0 Å². The Balaban J connectivity index is 2.07. The van der Waals surface area contributed by atoms with Crippen LogP contribution in [0.5, 0.6) is 0 Å². The third-order valence-electron chi connectivity index (χ3n) is 3.73. The van der Waals surface area contributed by atoms with E-state index in [1.807, 2.05) is 37.3 Å². The number of benzene rings is 1. The fourth-order valence-corrected chi connectivity index (χ4v) is 2.67. The van der Waals surface area contributed by atoms with Gasteiger partial charge in [0.25, 0.3) is 0 Å². The second-order valence-electron chi connectivity index (χ2n) is 5.33. The summed E-state index contributed by atoms with van der Waals surface area (Å²) in [4.78, 5) is 12.2. The third kappa shape index (κ3) is 2.61. The molecule has 1 aromatic carbocycles. The molecule has 1 saturated carbocycles. The van der Waals surface area contributed by atoms with Crippen LogP contribution in [0.1, 0.15) is 31.4 Å². The highest BCUT2D eigenvalue weighted by Gasteiger charge is 2.49. The molecule has 1 fully saturated rings. The van der Waals surface area contributed by atoms with Crippen LogP contribution in [0.15, 0.2) is 30.3 Å². The molecule has 100 valence electrons. The summed E-state index contributed by atoms with van der Waals surface area (Å²) in [5.74, 6) is 0.144. The summed E-state index contributed by atoms with van der Waals surface area (Å²) in [5, 5.41) is 21.4. The van der Waals surface area contributed by atoms with Crippen LogP contribution in [-0.4, -0.2) is 17.6 Å². The Hall–Kier alpha value is -1.86. The quantitative estimate of drug-likeness (QED) is 0.864. The van der Waals surface area contributed by atoms with E-state index in [1.165, 1.54) is 0 Å². The Morgan fingerprint density at radius 1 is 1.53 bits per heavy atom. The molecule has 0 bridgehead atoms. The monoisotopic (exact) mass is 258 g/mol. The van der Waals surface area contributed by atoms with Crippen molar-refractivity contribution in [3.63, 3.8) is 0 Å². The SMILES string of the molecule is CC1CC(C#N)(C(=O)NC(CO)c2ccccc2)C1. The van der Waals surface area contributed by atoms with E-state index in [-0.39, 0.29) is 12.5 Å². The molecule has 4 heteroatoms. The lowest BCUT2D eigenvalue weighted by Gasteiger charge is -2.40. The molecule has 2 rings (SSSR count). The van der Waals surface area contributed by atoms with E-state index < -0.39 is 11.5 Å². The molecule has 2 N–H and O–H groups in total. The molecule has 1 aliphatic carbocycles. The Morgan fingerprint density at radius 3 is 2.63 bits per heavy atom. The lowest BCUT2D eigenvalue weighted by atomic mass is 9.63. The van der Waals surface area contributed by atoms with Crippen LogP contribution in [0.4, 0.5) is 0 Å². The van der Waals surface area contributed by atoms with Crippen molar-refractivity contribution < 1.29 is 9.90 Å². The average Bonchev–Trinajstić information content (AvgIpc) is 2.41. The first-order valence-electron chi connectivity index (χ1n) is 6.49. The lowest BCUT2D eigenvalue weighted by Crippen LogP contribution is -2.49. The fraction of sp³-hybridized carbons (Fsp3) is 0.467. The van der Waals surface area contributed by atoms with Gasteiger partial charge < -0.3 is 10.4 Å². The van der Waals surface area contributed by atoms with Gasteiger partial charge in [0.05, 0.1) is 18.7 Å². The van der Waals surface area contributed by atoms with Crippen LogP contribution in [0, 0.1) is 22.7 Å². The predicted octanol–water partition coefficient (Wildman–Crippen LogP) is 1.78. The van der Waals surface area contributed by atoms with Crippen molar-refractivity contribution in [1.29, 1.82) is 5.26 Å². The zero-order valence-corrected chi connectivity index (χ0v) is 11.0. The van der Waals surface area contributed by atoms with Crippen molar-refractivity contribution in [2.75, 3.05) is 6.61 Å². The number of carbonyl (C=O) groups excluding carboxylic acids is 1. The number of amides is 1. The summed E-state index contributed by atoms with van der Waals surface area (Å²) in [6, 6.07) is 11.0. The molecule has 1 aromatic rings. The van der Waals surface area contributed by atoms with Crippen molar-refractivity contribution in [3.05, 3.63) is 35.9 Å². The molecule has 1 unspecified atom stereocenters. The van der Waals surface area contributed by atoms with Crippen LogP contribution in [0.2, 0.25) is 0 Å². The number of nitrogens with one attached hydrogen (secondary N) is 1. The number of carbonyl (C=O) groups is 1. The summed E-state index contributed by atoms with van der Waals surface area (Å²) in [6.45, 7) is 1.86. The van der Waals surface area contributed by atoms with Crippen molar-refractivity contribution in [1.82, 2.24) is 5.32 Å². The van der Waals surface area contributed by atoms with E-state index in [0.717, 1.165) is 5.56 Å². The van der Waals surface area contributed by atoms with Gasteiger partial charge in [-0.25, -0.2) is 0 Å². The van der Waals surface area contributed by atoms with Gasteiger partial charge >= 0.3 is 0 Å². The van der Waals surface area contributed by atoms with E-state index in [2.05, 4.69) is 11.4 Å². The van der Waals surface area contributed by atoms with Gasteiger partial charge in [-0.2, -0.15) is 5.26 Å². The molecule has 0 aliphatic heterocycles. The molecule has 1 amide bonds. The van der Waals surface area contributed by atoms with Gasteiger partial charge in [0.2, 0.25) is 5.91 Å². The third-order valence-corrected chi connectivity index (χ3v) is 3.73. The van der Waals surface area contributed by atoms with Crippen molar-refractivity contribution in [2.24, 2.45) is 11.3 Å². The molecule has 19 heavy (non-hydrogen) atoms. The van der Waals surface area contributed by atoms with Gasteiger partial charge in [-0.3, -0.25) is 4.79 Å². The first-order chi connectivity index (χ1) is 9.11. The van der Waals surface area contributed by atoms with Gasteiger partial charge in [0.1, 0.15) is 5.41 Å². The highest BCUT2D eigenvalue weighted by molar-refractivity contribution is 5.86. The number of nitrogens with zero attached hydrogens (tertiary/aromatic N) is 1. The Bertz CT molecular complexity index is 487. The molecular formula is C15H18N2O2. The zero-order valence-electron chi connectivity index (χ0n) is 11.0. The van der Waals surface area contributed by atoms with Gasteiger partial charge in [0, 0.05) is 0 Å². The predicted molar refractivity (Wildman–Crippen MR) is 70.9 cm³/mol. The molecule has 4 nitrogen and oxygen atoms in total. The second kappa shape index (κ2) is 5.41. The number of rotatable bonds is 4. The number of hydrogen-bond donors (Lipinski definition) is 2. The Labute approximate surface area is 113 Å². The maximum Gasteiger partial charge on any atom is 0.241 e. The number of nitriles is 1. The van der Waals surface area contributed by atoms with Gasteiger partial charge in [-0.15, -0.1) is 0 Å². The van der Waals surface area contributed by atoms with Crippen LogP contribution in [0.25, 0.3) is 0 Å². The molecule has 1 atom stereocenters. The molecular weight excluding hydrogens is 240 g/mol. The molecule has 1 aliphatic rings.